The summed E-state index contributed by atoms with van der Waals surface area (Å²) >= 11 is 0. The van der Waals surface area contributed by atoms with Crippen LogP contribution in [0.1, 0.15) is 34.1 Å². The zero-order valence-electron chi connectivity index (χ0n) is 13.6. The van der Waals surface area contributed by atoms with E-state index in [0.717, 1.165) is 22.3 Å². The lowest BCUT2D eigenvalue weighted by Crippen LogP contribution is -2.30. The van der Waals surface area contributed by atoms with Gasteiger partial charge in [0.15, 0.2) is 0 Å². The van der Waals surface area contributed by atoms with Crippen molar-refractivity contribution in [1.82, 2.24) is 0 Å². The number of ketones is 1. The predicted octanol–water partition coefficient (Wildman–Crippen LogP) is 1.03. The van der Waals surface area contributed by atoms with E-state index in [9.17, 15) is 4.79 Å². The van der Waals surface area contributed by atoms with E-state index in [-0.39, 0.29) is 32.1 Å². The van der Waals surface area contributed by atoms with Crippen LogP contribution >= 0.6 is 0 Å². The zero-order chi connectivity index (χ0) is 17.5. The highest BCUT2D eigenvalue weighted by atomic mass is 16.3. The Hall–Kier alpha value is -2.05. The number of carbonyl (C=O) groups is 1. The van der Waals surface area contributed by atoms with Gasteiger partial charge in [-0.1, -0.05) is 48.5 Å². The molecule has 0 fully saturated rings. The van der Waals surface area contributed by atoms with E-state index in [1.165, 1.54) is 0 Å². The van der Waals surface area contributed by atoms with Gasteiger partial charge in [-0.2, -0.15) is 0 Å². The molecule has 24 heavy (non-hydrogen) atoms. The Bertz CT molecular complexity index is 596. The number of benzene rings is 2. The van der Waals surface area contributed by atoms with E-state index in [0.29, 0.717) is 0 Å². The number of hydrogen-bond acceptors (Lipinski definition) is 5. The first kappa shape index (κ1) is 18.3. The van der Waals surface area contributed by atoms with Crippen molar-refractivity contribution in [2.24, 2.45) is 11.5 Å². The second-order valence-corrected chi connectivity index (χ2v) is 5.78. The number of aliphatic hydroxyl groups is 2. The Morgan fingerprint density at radius 1 is 0.750 bits per heavy atom. The van der Waals surface area contributed by atoms with Crippen molar-refractivity contribution in [3.05, 3.63) is 70.8 Å². The second kappa shape index (κ2) is 8.70. The Morgan fingerprint density at radius 2 is 1.08 bits per heavy atom. The molecule has 128 valence electrons. The standard InChI is InChI=1S/C19H24N2O3/c20-9-17(15-5-1-13(11-22)2-6-15)19(24)18(10-21)16-7-3-14(12-23)4-8-16/h1-8,17-18,22-23H,9-12,20-21H2. The van der Waals surface area contributed by atoms with Gasteiger partial charge in [-0.15, -0.1) is 0 Å². The highest BCUT2D eigenvalue weighted by molar-refractivity contribution is 5.92. The molecule has 0 heterocycles. The first-order valence-electron chi connectivity index (χ1n) is 7.97. The second-order valence-electron chi connectivity index (χ2n) is 5.78. The first-order chi connectivity index (χ1) is 11.6. The molecule has 0 aliphatic carbocycles. The largest absolute Gasteiger partial charge is 0.392 e. The number of hydrogen-bond donors (Lipinski definition) is 4. The van der Waals surface area contributed by atoms with Gasteiger partial charge in [-0.25, -0.2) is 0 Å². The van der Waals surface area contributed by atoms with E-state index in [4.69, 9.17) is 21.7 Å². The third-order valence-electron chi connectivity index (χ3n) is 4.29. The molecule has 2 aromatic rings. The molecule has 5 heteroatoms. The van der Waals surface area contributed by atoms with E-state index in [1.807, 2.05) is 24.3 Å². The van der Waals surface area contributed by atoms with Crippen molar-refractivity contribution in [2.75, 3.05) is 13.1 Å². The number of rotatable bonds is 8. The number of Topliss-reactive ketones (excluding diaryl/α,β-unsaturated/α-hetero) is 1. The van der Waals surface area contributed by atoms with Gasteiger partial charge in [0.2, 0.25) is 0 Å². The molecule has 2 rings (SSSR count). The first-order valence-corrected chi connectivity index (χ1v) is 7.97. The van der Waals surface area contributed by atoms with Crippen molar-refractivity contribution >= 4 is 5.78 Å². The molecule has 2 atom stereocenters. The van der Waals surface area contributed by atoms with Crippen LogP contribution in [0, 0.1) is 0 Å². The molecular weight excluding hydrogens is 304 g/mol. The third kappa shape index (κ3) is 4.07. The van der Waals surface area contributed by atoms with Gasteiger partial charge in [0.1, 0.15) is 5.78 Å². The molecule has 0 aliphatic rings. The van der Waals surface area contributed by atoms with E-state index in [1.54, 1.807) is 24.3 Å². The maximum atomic E-state index is 13.0. The molecule has 5 nitrogen and oxygen atoms in total. The summed E-state index contributed by atoms with van der Waals surface area (Å²) in [6.45, 7) is 0.319. The van der Waals surface area contributed by atoms with Crippen LogP contribution in [0.2, 0.25) is 0 Å². The van der Waals surface area contributed by atoms with Crippen molar-refractivity contribution in [1.29, 1.82) is 0 Å². The fourth-order valence-electron chi connectivity index (χ4n) is 2.79. The molecule has 0 radical (unpaired) electrons. The van der Waals surface area contributed by atoms with Gasteiger partial charge in [0.25, 0.3) is 0 Å². The maximum absolute atomic E-state index is 13.0. The number of aliphatic hydroxyl groups excluding tert-OH is 2. The minimum atomic E-state index is -0.441. The topological polar surface area (TPSA) is 110 Å². The third-order valence-corrected chi connectivity index (χ3v) is 4.29. The average molecular weight is 328 g/mol. The molecule has 0 amide bonds. The molecule has 0 saturated carbocycles. The monoisotopic (exact) mass is 328 g/mol. The lowest BCUT2D eigenvalue weighted by Gasteiger charge is -2.21. The summed E-state index contributed by atoms with van der Waals surface area (Å²) in [4.78, 5) is 13.0. The Morgan fingerprint density at radius 3 is 1.33 bits per heavy atom. The Labute approximate surface area is 141 Å². The van der Waals surface area contributed by atoms with Crippen LogP contribution in [0.25, 0.3) is 0 Å². The quantitative estimate of drug-likeness (QED) is 0.578. The van der Waals surface area contributed by atoms with Crippen molar-refractivity contribution < 1.29 is 15.0 Å². The zero-order valence-corrected chi connectivity index (χ0v) is 13.6. The molecule has 0 spiro atoms. The van der Waals surface area contributed by atoms with Crippen LogP contribution < -0.4 is 11.5 Å². The summed E-state index contributed by atoms with van der Waals surface area (Å²) < 4.78 is 0. The molecule has 0 aliphatic heterocycles. The summed E-state index contributed by atoms with van der Waals surface area (Å²) in [5.41, 5.74) is 14.9. The normalized spacial score (nSPS) is 13.5. The maximum Gasteiger partial charge on any atom is 0.150 e. The lowest BCUT2D eigenvalue weighted by atomic mass is 9.83. The van der Waals surface area contributed by atoms with Crippen molar-refractivity contribution in [3.8, 4) is 0 Å². The Kier molecular flexibility index (Phi) is 6.63. The molecular formula is C19H24N2O3. The van der Waals surface area contributed by atoms with Gasteiger partial charge in [0, 0.05) is 13.1 Å². The van der Waals surface area contributed by atoms with Crippen LogP contribution in [0.3, 0.4) is 0 Å². The van der Waals surface area contributed by atoms with E-state index >= 15 is 0 Å². The minimum Gasteiger partial charge on any atom is -0.392 e. The van der Waals surface area contributed by atoms with Crippen LogP contribution in [0.15, 0.2) is 48.5 Å². The molecule has 2 unspecified atom stereocenters. The highest BCUT2D eigenvalue weighted by Gasteiger charge is 2.27. The predicted molar refractivity (Wildman–Crippen MR) is 93.3 cm³/mol. The highest BCUT2D eigenvalue weighted by Crippen LogP contribution is 2.26. The molecule has 0 aromatic heterocycles. The van der Waals surface area contributed by atoms with Crippen molar-refractivity contribution in [2.45, 2.75) is 25.0 Å². The van der Waals surface area contributed by atoms with Crippen LogP contribution in [0.4, 0.5) is 0 Å². The fraction of sp³-hybridized carbons (Fsp3) is 0.316. The van der Waals surface area contributed by atoms with Gasteiger partial charge in [-0.05, 0) is 22.3 Å². The molecule has 2 aromatic carbocycles. The molecule has 0 saturated heterocycles. The van der Waals surface area contributed by atoms with Crippen LogP contribution in [-0.2, 0) is 18.0 Å². The Balaban J connectivity index is 2.25. The number of carbonyl (C=O) groups excluding carboxylic acids is 1. The summed E-state index contributed by atoms with van der Waals surface area (Å²) in [6, 6.07) is 14.5. The minimum absolute atomic E-state index is 0.0199. The number of nitrogens with two attached hydrogens (primary N) is 2. The molecule has 0 bridgehead atoms. The summed E-state index contributed by atoms with van der Waals surface area (Å²) in [7, 11) is 0. The van der Waals surface area contributed by atoms with Crippen molar-refractivity contribution in [3.63, 3.8) is 0 Å². The van der Waals surface area contributed by atoms with Gasteiger partial charge >= 0.3 is 0 Å². The summed E-state index contributed by atoms with van der Waals surface area (Å²) in [5.74, 6) is -0.902. The van der Waals surface area contributed by atoms with Crippen LogP contribution in [-0.4, -0.2) is 29.1 Å². The van der Waals surface area contributed by atoms with Gasteiger partial charge < -0.3 is 21.7 Å². The lowest BCUT2D eigenvalue weighted by molar-refractivity contribution is -0.121. The van der Waals surface area contributed by atoms with Gasteiger partial charge in [0.05, 0.1) is 25.0 Å². The smallest absolute Gasteiger partial charge is 0.150 e. The van der Waals surface area contributed by atoms with Crippen LogP contribution in [0.5, 0.6) is 0 Å². The average Bonchev–Trinajstić information content (AvgIpc) is 2.64. The van der Waals surface area contributed by atoms with E-state index in [2.05, 4.69) is 0 Å². The summed E-state index contributed by atoms with van der Waals surface area (Å²) in [6.07, 6.45) is 0. The molecule has 6 N–H and O–H groups in total. The summed E-state index contributed by atoms with van der Waals surface area (Å²) in [5, 5.41) is 18.3. The SMILES string of the molecule is NCC(C(=O)C(CN)c1ccc(CO)cc1)c1ccc(CO)cc1. The fourth-order valence-corrected chi connectivity index (χ4v) is 2.79. The van der Waals surface area contributed by atoms with E-state index < -0.39 is 11.8 Å². The van der Waals surface area contributed by atoms with Gasteiger partial charge in [-0.3, -0.25) is 4.79 Å².